The molecule has 0 aliphatic rings. The van der Waals surface area contributed by atoms with Gasteiger partial charge < -0.3 is 9.13 Å². The molecule has 0 unspecified atom stereocenters. The molecule has 0 amide bonds. The predicted octanol–water partition coefficient (Wildman–Crippen LogP) is 19.3. The molecular weight excluding hydrogens is 1090 g/mol. The molecule has 2 heterocycles. The maximum absolute atomic E-state index is 14.7. The van der Waals surface area contributed by atoms with Gasteiger partial charge in [-0.2, -0.15) is 52.7 Å². The van der Waals surface area contributed by atoms with Gasteiger partial charge in [0.2, 0.25) is 0 Å². The fourth-order valence-corrected chi connectivity index (χ4v) is 11.8. The fraction of sp³-hybridized carbons (Fsp3) is 0.0274. The molecular formula is C73H37F6N7. The SMILES string of the molecule is N#Cc1ccc(-n2c3ccc(-c4ccccc4C#N)cc3c3cc(-c4ccccc4C#N)ccc32)c(-c2ccc(-c3cc(C(F)(F)F)cc(C(F)(F)F)c3)cc2-n2c3ccc(-c4ccccc4C#N)cc3c3cc(-c4ccccc4C#N)ccc32)c1. The van der Waals surface area contributed by atoms with Crippen LogP contribution in [0.2, 0.25) is 0 Å². The van der Waals surface area contributed by atoms with Crippen LogP contribution in [0.1, 0.15) is 38.9 Å². The average molecular weight is 1130 g/mol. The van der Waals surface area contributed by atoms with Crippen LogP contribution in [0.25, 0.3) is 122 Å². The Morgan fingerprint density at radius 3 is 0.965 bits per heavy atom. The lowest BCUT2D eigenvalue weighted by Gasteiger charge is -2.21. The average Bonchev–Trinajstić information content (AvgIpc) is 1.59. The first-order chi connectivity index (χ1) is 41.7. The van der Waals surface area contributed by atoms with Gasteiger partial charge >= 0.3 is 12.4 Å². The Morgan fingerprint density at radius 2 is 0.616 bits per heavy atom. The molecule has 86 heavy (non-hydrogen) atoms. The molecule has 0 radical (unpaired) electrons. The number of hydrogen-bond donors (Lipinski definition) is 0. The van der Waals surface area contributed by atoms with Crippen molar-refractivity contribution in [3.63, 3.8) is 0 Å². The molecule has 13 aromatic rings. The van der Waals surface area contributed by atoms with Gasteiger partial charge in [-0.1, -0.05) is 109 Å². The number of nitriles is 5. The number of alkyl halides is 6. The molecule has 0 aliphatic carbocycles. The van der Waals surface area contributed by atoms with Crippen molar-refractivity contribution in [1.82, 2.24) is 9.13 Å². The van der Waals surface area contributed by atoms with Gasteiger partial charge in [-0.15, -0.1) is 0 Å². The molecule has 13 rings (SSSR count). The Balaban J connectivity index is 1.15. The monoisotopic (exact) mass is 1130 g/mol. The van der Waals surface area contributed by atoms with E-state index in [0.29, 0.717) is 123 Å². The molecule has 0 saturated heterocycles. The van der Waals surface area contributed by atoms with Crippen LogP contribution in [-0.2, 0) is 12.4 Å². The van der Waals surface area contributed by atoms with Crippen LogP contribution in [0.5, 0.6) is 0 Å². The highest BCUT2D eigenvalue weighted by Crippen LogP contribution is 2.47. The van der Waals surface area contributed by atoms with E-state index >= 15 is 0 Å². The first-order valence-electron chi connectivity index (χ1n) is 26.8. The van der Waals surface area contributed by atoms with Crippen molar-refractivity contribution in [1.29, 1.82) is 26.3 Å². The molecule has 0 saturated carbocycles. The largest absolute Gasteiger partial charge is 0.416 e. The molecule has 0 aliphatic heterocycles. The molecule has 7 nitrogen and oxygen atoms in total. The van der Waals surface area contributed by atoms with Crippen molar-refractivity contribution >= 4 is 43.6 Å². The normalized spacial score (nSPS) is 11.5. The zero-order valence-electron chi connectivity index (χ0n) is 44.8. The molecule has 13 heteroatoms. The Bertz CT molecular complexity index is 4980. The summed E-state index contributed by atoms with van der Waals surface area (Å²) in [6, 6.07) is 74.5. The van der Waals surface area contributed by atoms with E-state index in [4.69, 9.17) is 0 Å². The van der Waals surface area contributed by atoms with Gasteiger partial charge in [0.15, 0.2) is 0 Å². The van der Waals surface area contributed by atoms with Crippen molar-refractivity contribution in [2.45, 2.75) is 12.4 Å². The second-order valence-electron chi connectivity index (χ2n) is 20.6. The van der Waals surface area contributed by atoms with Crippen molar-refractivity contribution in [2.24, 2.45) is 0 Å². The summed E-state index contributed by atoms with van der Waals surface area (Å²) < 4.78 is 92.1. The van der Waals surface area contributed by atoms with Crippen molar-refractivity contribution in [2.75, 3.05) is 0 Å². The number of halogens is 6. The van der Waals surface area contributed by atoms with Crippen molar-refractivity contribution in [3.05, 3.63) is 263 Å². The van der Waals surface area contributed by atoms with Gasteiger partial charge in [-0.25, -0.2) is 0 Å². The number of benzene rings is 11. The predicted molar refractivity (Wildman–Crippen MR) is 321 cm³/mol. The van der Waals surface area contributed by atoms with E-state index in [2.05, 4.69) is 30.3 Å². The Labute approximate surface area is 487 Å². The molecule has 2 aromatic heterocycles. The number of nitrogens with zero attached hydrogens (tertiary/aromatic N) is 7. The summed E-state index contributed by atoms with van der Waals surface area (Å²) in [6.45, 7) is 0. The van der Waals surface area contributed by atoms with E-state index in [1.54, 1.807) is 78.9 Å². The lowest BCUT2D eigenvalue weighted by atomic mass is 9.93. The summed E-state index contributed by atoms with van der Waals surface area (Å²) in [6.07, 6.45) is -10.3. The van der Waals surface area contributed by atoms with E-state index in [-0.39, 0.29) is 22.8 Å². The molecule has 406 valence electrons. The quantitative estimate of drug-likeness (QED) is 0.140. The second kappa shape index (κ2) is 20.8. The second-order valence-corrected chi connectivity index (χ2v) is 20.6. The van der Waals surface area contributed by atoms with Crippen LogP contribution < -0.4 is 0 Å². The number of hydrogen-bond acceptors (Lipinski definition) is 5. The Kier molecular flexibility index (Phi) is 12.9. The number of aromatic nitrogens is 2. The van der Waals surface area contributed by atoms with E-state index in [1.807, 2.05) is 130 Å². The van der Waals surface area contributed by atoms with Gasteiger partial charge in [-0.05, 0) is 171 Å². The van der Waals surface area contributed by atoms with Crippen molar-refractivity contribution < 1.29 is 26.3 Å². The van der Waals surface area contributed by atoms with Crippen LogP contribution >= 0.6 is 0 Å². The summed E-state index contributed by atoms with van der Waals surface area (Å²) in [5, 5.41) is 54.6. The molecule has 0 fully saturated rings. The molecule has 0 spiro atoms. The van der Waals surface area contributed by atoms with E-state index in [9.17, 15) is 52.7 Å². The summed E-state index contributed by atoms with van der Waals surface area (Å²) >= 11 is 0. The summed E-state index contributed by atoms with van der Waals surface area (Å²) in [7, 11) is 0. The maximum Gasteiger partial charge on any atom is 0.416 e. The summed E-state index contributed by atoms with van der Waals surface area (Å²) in [5.74, 6) is 0. The van der Waals surface area contributed by atoms with Crippen LogP contribution in [0.3, 0.4) is 0 Å². The first-order valence-corrected chi connectivity index (χ1v) is 26.8. The summed E-state index contributed by atoms with van der Waals surface area (Å²) in [4.78, 5) is 0. The minimum Gasteiger partial charge on any atom is -0.309 e. The Hall–Kier alpha value is -12.0. The van der Waals surface area contributed by atoms with Gasteiger partial charge in [0.1, 0.15) is 0 Å². The fourth-order valence-electron chi connectivity index (χ4n) is 11.8. The standard InChI is InChI=1S/C73H37F6N7/c74-72(75,76)54-30-53(31-55(37-54)73(77,78)79)44-18-23-60(71(36-44)86-69-27-21-47(58-15-7-3-11-51(58)41-83)34-64(69)65-35-48(22-28-70(65)86)59-16-8-4-12-52(59)42-84)61-29-43(38-80)17-24-66(61)85-67-25-19-45(56-13-5-1-9-49(56)39-81)32-62(67)63-33-46(20-26-68(63)85)57-14-6-2-10-50(57)40-82/h1-37H. The topological polar surface area (TPSA) is 129 Å². The van der Waals surface area contributed by atoms with Crippen molar-refractivity contribution in [3.8, 4) is 108 Å². The highest BCUT2D eigenvalue weighted by atomic mass is 19.4. The molecule has 0 atom stereocenters. The van der Waals surface area contributed by atoms with Gasteiger partial charge in [-0.3, -0.25) is 0 Å². The minimum absolute atomic E-state index is 0.0136. The Morgan fingerprint density at radius 1 is 0.267 bits per heavy atom. The van der Waals surface area contributed by atoms with Crippen LogP contribution in [-0.4, -0.2) is 9.13 Å². The zero-order chi connectivity index (χ0) is 59.6. The number of fused-ring (bicyclic) bond motifs is 6. The van der Waals surface area contributed by atoms with Gasteiger partial charge in [0.25, 0.3) is 0 Å². The third kappa shape index (κ3) is 9.09. The first kappa shape index (κ1) is 53.4. The van der Waals surface area contributed by atoms with Crippen LogP contribution in [0, 0.1) is 56.7 Å². The highest BCUT2D eigenvalue weighted by Gasteiger charge is 2.37. The molecule has 0 bridgehead atoms. The molecule has 0 N–H and O–H groups in total. The lowest BCUT2D eigenvalue weighted by molar-refractivity contribution is -0.143. The number of rotatable bonds is 8. The maximum atomic E-state index is 14.7. The third-order valence-electron chi connectivity index (χ3n) is 15.8. The lowest BCUT2D eigenvalue weighted by Crippen LogP contribution is -2.11. The van der Waals surface area contributed by atoms with Gasteiger partial charge in [0, 0.05) is 32.7 Å². The molecule has 11 aromatic carbocycles. The third-order valence-corrected chi connectivity index (χ3v) is 15.8. The van der Waals surface area contributed by atoms with Crippen LogP contribution in [0.4, 0.5) is 26.3 Å². The van der Waals surface area contributed by atoms with E-state index in [0.717, 1.165) is 21.9 Å². The van der Waals surface area contributed by atoms with E-state index in [1.165, 1.54) is 6.07 Å². The van der Waals surface area contributed by atoms with Crippen LogP contribution in [0.15, 0.2) is 224 Å². The minimum atomic E-state index is -5.15. The smallest absolute Gasteiger partial charge is 0.309 e. The van der Waals surface area contributed by atoms with Gasteiger partial charge in [0.05, 0.1) is 103 Å². The summed E-state index contributed by atoms with van der Waals surface area (Å²) in [5.41, 5.74) is 8.46. The van der Waals surface area contributed by atoms with E-state index < -0.39 is 23.5 Å². The highest BCUT2D eigenvalue weighted by molar-refractivity contribution is 6.14. The zero-order valence-corrected chi connectivity index (χ0v) is 44.8.